The Bertz CT molecular complexity index is 1120. The summed E-state index contributed by atoms with van der Waals surface area (Å²) in [5, 5.41) is 5.34. The number of amides is 2. The normalized spacial score (nSPS) is 10.7. The maximum absolute atomic E-state index is 13.8. The summed E-state index contributed by atoms with van der Waals surface area (Å²) in [6, 6.07) is 19.0. The van der Waals surface area contributed by atoms with Gasteiger partial charge in [-0.05, 0) is 31.2 Å². The molecule has 0 unspecified atom stereocenters. The molecular weight excluding hydrogens is 343 g/mol. The van der Waals surface area contributed by atoms with Crippen LogP contribution in [0.25, 0.3) is 16.9 Å². The molecule has 4 rings (SSSR count). The second-order valence-electron chi connectivity index (χ2n) is 6.16. The molecule has 0 radical (unpaired) electrons. The molecule has 5 nitrogen and oxygen atoms in total. The van der Waals surface area contributed by atoms with Crippen LogP contribution < -0.4 is 10.6 Å². The van der Waals surface area contributed by atoms with Gasteiger partial charge < -0.3 is 5.32 Å². The summed E-state index contributed by atoms with van der Waals surface area (Å²) in [5.41, 5.74) is 3.47. The first-order valence-electron chi connectivity index (χ1n) is 8.48. The molecule has 0 atom stereocenters. The van der Waals surface area contributed by atoms with Crippen molar-refractivity contribution in [3.63, 3.8) is 0 Å². The Morgan fingerprint density at radius 3 is 2.48 bits per heavy atom. The second-order valence-corrected chi connectivity index (χ2v) is 6.16. The molecule has 0 fully saturated rings. The number of rotatable bonds is 3. The molecule has 0 saturated heterocycles. The van der Waals surface area contributed by atoms with Crippen LogP contribution in [-0.2, 0) is 0 Å². The number of benzene rings is 2. The van der Waals surface area contributed by atoms with E-state index in [2.05, 4.69) is 15.6 Å². The molecule has 2 aromatic heterocycles. The molecule has 134 valence electrons. The van der Waals surface area contributed by atoms with E-state index in [4.69, 9.17) is 0 Å². The fourth-order valence-corrected chi connectivity index (χ4v) is 2.85. The molecule has 4 aromatic rings. The lowest BCUT2D eigenvalue weighted by Crippen LogP contribution is -2.21. The van der Waals surface area contributed by atoms with Gasteiger partial charge in [-0.25, -0.2) is 14.2 Å². The summed E-state index contributed by atoms with van der Waals surface area (Å²) in [6.45, 7) is 2.01. The molecule has 6 heteroatoms. The number of pyridine rings is 1. The molecule has 0 aliphatic carbocycles. The van der Waals surface area contributed by atoms with E-state index in [1.54, 1.807) is 16.5 Å². The van der Waals surface area contributed by atoms with Crippen LogP contribution in [0.15, 0.2) is 72.9 Å². The lowest BCUT2D eigenvalue weighted by atomic mass is 10.1. The highest BCUT2D eigenvalue weighted by molar-refractivity contribution is 6.01. The Hall–Kier alpha value is -3.67. The topological polar surface area (TPSA) is 58.4 Å². The van der Waals surface area contributed by atoms with Crippen molar-refractivity contribution in [1.82, 2.24) is 9.38 Å². The monoisotopic (exact) mass is 360 g/mol. The number of halogens is 1. The van der Waals surface area contributed by atoms with Gasteiger partial charge in [-0.1, -0.05) is 48.0 Å². The summed E-state index contributed by atoms with van der Waals surface area (Å²) in [5.74, 6) is 0.0212. The number of aryl methyl sites for hydroxylation is 1. The van der Waals surface area contributed by atoms with Crippen LogP contribution in [-0.4, -0.2) is 15.4 Å². The minimum atomic E-state index is -0.542. The van der Waals surface area contributed by atoms with Gasteiger partial charge >= 0.3 is 6.03 Å². The molecule has 27 heavy (non-hydrogen) atoms. The van der Waals surface area contributed by atoms with E-state index in [-0.39, 0.29) is 5.69 Å². The summed E-state index contributed by atoms with van der Waals surface area (Å²) in [6.07, 6.45) is 1.82. The molecule has 0 saturated carbocycles. The summed E-state index contributed by atoms with van der Waals surface area (Å²) < 4.78 is 15.6. The van der Waals surface area contributed by atoms with Gasteiger partial charge in [0.1, 0.15) is 23.0 Å². The van der Waals surface area contributed by atoms with Gasteiger partial charge in [0.05, 0.1) is 5.69 Å². The Morgan fingerprint density at radius 1 is 0.963 bits per heavy atom. The van der Waals surface area contributed by atoms with E-state index in [0.717, 1.165) is 11.1 Å². The van der Waals surface area contributed by atoms with Gasteiger partial charge in [0, 0.05) is 11.8 Å². The minimum absolute atomic E-state index is 0.112. The number of urea groups is 1. The number of hydrogen-bond acceptors (Lipinski definition) is 2. The van der Waals surface area contributed by atoms with E-state index in [9.17, 15) is 9.18 Å². The van der Waals surface area contributed by atoms with Gasteiger partial charge in [-0.3, -0.25) is 9.72 Å². The Kier molecular flexibility index (Phi) is 4.30. The van der Waals surface area contributed by atoms with Crippen LogP contribution in [0.1, 0.15) is 5.56 Å². The maximum Gasteiger partial charge on any atom is 0.324 e. The fourth-order valence-electron chi connectivity index (χ4n) is 2.85. The van der Waals surface area contributed by atoms with Gasteiger partial charge in [0.25, 0.3) is 0 Å². The third-order valence-corrected chi connectivity index (χ3v) is 4.21. The number of nitrogens with zero attached hydrogens (tertiary/aromatic N) is 2. The Labute approximate surface area is 155 Å². The summed E-state index contributed by atoms with van der Waals surface area (Å²) in [7, 11) is 0. The number of imidazole rings is 1. The quantitative estimate of drug-likeness (QED) is 0.534. The zero-order valence-corrected chi connectivity index (χ0v) is 14.6. The lowest BCUT2D eigenvalue weighted by Gasteiger charge is -2.10. The molecule has 0 bridgehead atoms. The first kappa shape index (κ1) is 16.8. The molecule has 2 aromatic carbocycles. The number of carbonyl (C=O) groups is 1. The van der Waals surface area contributed by atoms with Crippen molar-refractivity contribution in [3.8, 4) is 11.3 Å². The van der Waals surface area contributed by atoms with Crippen molar-refractivity contribution in [2.45, 2.75) is 6.92 Å². The van der Waals surface area contributed by atoms with Gasteiger partial charge in [0.15, 0.2) is 0 Å². The van der Waals surface area contributed by atoms with Crippen molar-refractivity contribution < 1.29 is 9.18 Å². The smallest absolute Gasteiger partial charge is 0.305 e. The van der Waals surface area contributed by atoms with E-state index in [1.165, 1.54) is 12.1 Å². The average molecular weight is 360 g/mol. The molecule has 2 amide bonds. The Morgan fingerprint density at radius 2 is 1.70 bits per heavy atom. The molecule has 2 N–H and O–H groups in total. The van der Waals surface area contributed by atoms with Crippen LogP contribution in [0.2, 0.25) is 0 Å². The lowest BCUT2D eigenvalue weighted by molar-refractivity contribution is 0.262. The van der Waals surface area contributed by atoms with Crippen LogP contribution in [0.4, 0.5) is 20.7 Å². The molecule has 0 spiro atoms. The zero-order valence-electron chi connectivity index (χ0n) is 14.6. The highest BCUT2D eigenvalue weighted by atomic mass is 19.1. The van der Waals surface area contributed by atoms with Gasteiger partial charge in [-0.2, -0.15) is 0 Å². The van der Waals surface area contributed by atoms with Crippen molar-refractivity contribution >= 4 is 23.2 Å². The highest BCUT2D eigenvalue weighted by Crippen LogP contribution is 2.29. The number of hydrogen-bond donors (Lipinski definition) is 2. The molecule has 0 aliphatic heterocycles. The van der Waals surface area contributed by atoms with Crippen LogP contribution in [0.5, 0.6) is 0 Å². The predicted molar refractivity (Wildman–Crippen MR) is 104 cm³/mol. The van der Waals surface area contributed by atoms with Crippen molar-refractivity contribution in [3.05, 3.63) is 84.3 Å². The molecule has 0 aliphatic rings. The highest BCUT2D eigenvalue weighted by Gasteiger charge is 2.17. The number of carbonyl (C=O) groups excluding carboxylic acids is 1. The van der Waals surface area contributed by atoms with Gasteiger partial charge in [-0.15, -0.1) is 0 Å². The van der Waals surface area contributed by atoms with Crippen LogP contribution >= 0.6 is 0 Å². The zero-order chi connectivity index (χ0) is 18.8. The summed E-state index contributed by atoms with van der Waals surface area (Å²) in [4.78, 5) is 17.1. The standard InChI is InChI=1S/C21H17FN4O/c1-14-9-11-15(12-10-14)19-20(26-13-5-4-8-18(26)24-19)25-21(27)23-17-7-3-2-6-16(17)22/h2-13H,1H3,(H2,23,25,27). The fraction of sp³-hybridized carbons (Fsp3) is 0.0476. The number of anilines is 2. The number of para-hydroxylation sites is 1. The second kappa shape index (κ2) is 6.92. The van der Waals surface area contributed by atoms with Crippen molar-refractivity contribution in [2.75, 3.05) is 10.6 Å². The summed E-state index contributed by atoms with van der Waals surface area (Å²) >= 11 is 0. The van der Waals surface area contributed by atoms with Crippen LogP contribution in [0.3, 0.4) is 0 Å². The van der Waals surface area contributed by atoms with Crippen LogP contribution in [0, 0.1) is 12.7 Å². The number of fused-ring (bicyclic) bond motifs is 1. The average Bonchev–Trinajstić information content (AvgIpc) is 3.03. The largest absolute Gasteiger partial charge is 0.324 e. The SMILES string of the molecule is Cc1ccc(-c2nc3ccccn3c2NC(=O)Nc2ccccc2F)cc1. The van der Waals surface area contributed by atoms with E-state index in [1.807, 2.05) is 55.6 Å². The van der Waals surface area contributed by atoms with E-state index >= 15 is 0 Å². The maximum atomic E-state index is 13.8. The number of nitrogens with one attached hydrogen (secondary N) is 2. The third kappa shape index (κ3) is 3.37. The molecule has 2 heterocycles. The Balaban J connectivity index is 1.71. The number of aromatic nitrogens is 2. The van der Waals surface area contributed by atoms with Crippen molar-refractivity contribution in [1.29, 1.82) is 0 Å². The predicted octanol–water partition coefficient (Wildman–Crippen LogP) is 5.09. The minimum Gasteiger partial charge on any atom is -0.305 e. The molecular formula is C21H17FN4O. The van der Waals surface area contributed by atoms with Crippen molar-refractivity contribution in [2.24, 2.45) is 0 Å². The first-order valence-corrected chi connectivity index (χ1v) is 8.48. The third-order valence-electron chi connectivity index (χ3n) is 4.21. The van der Waals surface area contributed by atoms with E-state index < -0.39 is 11.8 Å². The van der Waals surface area contributed by atoms with E-state index in [0.29, 0.717) is 17.2 Å². The first-order chi connectivity index (χ1) is 13.1. The van der Waals surface area contributed by atoms with Gasteiger partial charge in [0.2, 0.25) is 0 Å².